The zero-order chi connectivity index (χ0) is 17.6. The molecule has 4 rings (SSSR count). The third kappa shape index (κ3) is 3.67. The summed E-state index contributed by atoms with van der Waals surface area (Å²) >= 11 is 0. The van der Waals surface area contributed by atoms with Gasteiger partial charge in [0.1, 0.15) is 5.75 Å². The summed E-state index contributed by atoms with van der Waals surface area (Å²) in [5, 5.41) is 0. The van der Waals surface area contributed by atoms with Gasteiger partial charge in [0.05, 0.1) is 0 Å². The van der Waals surface area contributed by atoms with Gasteiger partial charge in [0.25, 0.3) is 0 Å². The highest BCUT2D eigenvalue weighted by Gasteiger charge is 2.21. The minimum absolute atomic E-state index is 0.266. The van der Waals surface area contributed by atoms with E-state index < -0.39 is 0 Å². The predicted molar refractivity (Wildman–Crippen MR) is 103 cm³/mol. The first-order valence-corrected chi connectivity index (χ1v) is 8.72. The van der Waals surface area contributed by atoms with Crippen molar-refractivity contribution in [1.29, 1.82) is 0 Å². The van der Waals surface area contributed by atoms with E-state index in [1.54, 1.807) is 0 Å². The highest BCUT2D eigenvalue weighted by molar-refractivity contribution is 5.29. The van der Waals surface area contributed by atoms with Crippen molar-refractivity contribution >= 4 is 0 Å². The first-order valence-electron chi connectivity index (χ1n) is 8.72. The van der Waals surface area contributed by atoms with Gasteiger partial charge < -0.3 is 9.30 Å². The molecule has 4 aromatic rings. The van der Waals surface area contributed by atoms with Crippen molar-refractivity contribution in [2.24, 2.45) is 0 Å². The molecule has 3 heteroatoms. The number of imidazole rings is 1. The van der Waals surface area contributed by atoms with Crippen LogP contribution in [0.3, 0.4) is 0 Å². The van der Waals surface area contributed by atoms with E-state index in [2.05, 4.69) is 45.9 Å². The fraction of sp³-hybridized carbons (Fsp3) is 0.0870. The molecule has 1 aromatic heterocycles. The molecular weight excluding hydrogens is 320 g/mol. The molecule has 0 bridgehead atoms. The largest absolute Gasteiger partial charge is 0.478 e. The molecule has 0 aliphatic carbocycles. The molecule has 0 fully saturated rings. The number of hydrogen-bond acceptors (Lipinski definition) is 2. The van der Waals surface area contributed by atoms with Crippen molar-refractivity contribution in [3.8, 4) is 5.75 Å². The Morgan fingerprint density at radius 3 is 2.08 bits per heavy atom. The Hall–Kier alpha value is -3.33. The normalized spacial score (nSPS) is 11.8. The Kier molecular flexibility index (Phi) is 4.79. The first kappa shape index (κ1) is 16.2. The van der Waals surface area contributed by atoms with Crippen LogP contribution >= 0.6 is 0 Å². The zero-order valence-corrected chi connectivity index (χ0v) is 14.4. The maximum absolute atomic E-state index is 6.34. The van der Waals surface area contributed by atoms with Crippen LogP contribution in [-0.4, -0.2) is 9.55 Å². The van der Waals surface area contributed by atoms with Crippen molar-refractivity contribution < 1.29 is 4.74 Å². The predicted octanol–water partition coefficient (Wildman–Crippen LogP) is 5.10. The maximum atomic E-state index is 6.34. The number of benzene rings is 3. The van der Waals surface area contributed by atoms with Gasteiger partial charge in [-0.25, -0.2) is 4.98 Å². The lowest BCUT2D eigenvalue weighted by molar-refractivity contribution is 0.232. The molecule has 26 heavy (non-hydrogen) atoms. The molecular formula is C23H20N2O. The van der Waals surface area contributed by atoms with Crippen molar-refractivity contribution in [2.45, 2.75) is 12.6 Å². The van der Waals surface area contributed by atoms with Crippen LogP contribution in [0.25, 0.3) is 0 Å². The van der Waals surface area contributed by atoms with Crippen molar-refractivity contribution in [3.05, 3.63) is 120 Å². The summed E-state index contributed by atoms with van der Waals surface area (Å²) in [4.78, 5) is 4.62. The number of ether oxygens (including phenoxy) is 1. The molecule has 0 aliphatic rings. The topological polar surface area (TPSA) is 27.1 Å². The van der Waals surface area contributed by atoms with E-state index in [9.17, 15) is 0 Å². The lowest BCUT2D eigenvalue weighted by Crippen LogP contribution is -2.16. The van der Waals surface area contributed by atoms with Crippen LogP contribution in [0.4, 0.5) is 0 Å². The van der Waals surface area contributed by atoms with E-state index in [1.165, 1.54) is 5.56 Å². The Balaban J connectivity index is 1.69. The van der Waals surface area contributed by atoms with Gasteiger partial charge >= 0.3 is 0 Å². The number of nitrogens with zero attached hydrogens (tertiary/aromatic N) is 2. The summed E-state index contributed by atoms with van der Waals surface area (Å²) in [5.41, 5.74) is 2.31. The van der Waals surface area contributed by atoms with Crippen molar-refractivity contribution in [1.82, 2.24) is 9.55 Å². The standard InChI is InChI=1S/C23H20N2O/c1-4-10-19(11-5-1)18-25-17-16-24-23(25)22(20-12-6-2-7-13-20)26-21-14-8-3-9-15-21/h1-17,22H,18H2. The second-order valence-electron chi connectivity index (χ2n) is 6.12. The Bertz CT molecular complexity index is 934. The van der Waals surface area contributed by atoms with Crippen LogP contribution in [0.1, 0.15) is 23.1 Å². The zero-order valence-electron chi connectivity index (χ0n) is 14.4. The van der Waals surface area contributed by atoms with Gasteiger partial charge in [-0.2, -0.15) is 0 Å². The Labute approximate surface area is 153 Å². The van der Waals surface area contributed by atoms with E-state index in [1.807, 2.05) is 67.0 Å². The minimum Gasteiger partial charge on any atom is -0.478 e. The first-order chi connectivity index (χ1) is 12.9. The van der Waals surface area contributed by atoms with Crippen molar-refractivity contribution in [2.75, 3.05) is 0 Å². The molecule has 1 heterocycles. The number of rotatable bonds is 6. The monoisotopic (exact) mass is 340 g/mol. The summed E-state index contributed by atoms with van der Waals surface area (Å²) in [7, 11) is 0. The van der Waals surface area contributed by atoms with Gasteiger partial charge in [0, 0.05) is 24.5 Å². The second kappa shape index (κ2) is 7.70. The van der Waals surface area contributed by atoms with Crippen LogP contribution in [-0.2, 0) is 6.54 Å². The fourth-order valence-corrected chi connectivity index (χ4v) is 3.01. The van der Waals surface area contributed by atoms with Gasteiger partial charge in [0.2, 0.25) is 0 Å². The van der Waals surface area contributed by atoms with E-state index in [0.717, 1.165) is 23.7 Å². The number of para-hydroxylation sites is 1. The van der Waals surface area contributed by atoms with Gasteiger partial charge in [-0.3, -0.25) is 0 Å². The molecule has 3 nitrogen and oxygen atoms in total. The molecule has 0 saturated carbocycles. The van der Waals surface area contributed by atoms with Gasteiger partial charge in [-0.15, -0.1) is 0 Å². The quantitative estimate of drug-likeness (QED) is 0.488. The smallest absolute Gasteiger partial charge is 0.181 e. The van der Waals surface area contributed by atoms with Crippen LogP contribution in [0, 0.1) is 0 Å². The van der Waals surface area contributed by atoms with Crippen LogP contribution < -0.4 is 4.74 Å². The molecule has 128 valence electrons. The molecule has 0 saturated heterocycles. The summed E-state index contributed by atoms with van der Waals surface area (Å²) in [6.45, 7) is 0.762. The van der Waals surface area contributed by atoms with Crippen molar-refractivity contribution in [3.63, 3.8) is 0 Å². The average Bonchev–Trinajstić information content (AvgIpc) is 3.16. The Morgan fingerprint density at radius 1 is 0.769 bits per heavy atom. The summed E-state index contributed by atoms with van der Waals surface area (Å²) < 4.78 is 8.49. The number of hydrogen-bond donors (Lipinski definition) is 0. The minimum atomic E-state index is -0.266. The maximum Gasteiger partial charge on any atom is 0.181 e. The van der Waals surface area contributed by atoms with Gasteiger partial charge in [-0.1, -0.05) is 78.9 Å². The summed E-state index contributed by atoms with van der Waals surface area (Å²) in [5.74, 6) is 1.72. The summed E-state index contributed by atoms with van der Waals surface area (Å²) in [6.07, 6.45) is 3.58. The second-order valence-corrected chi connectivity index (χ2v) is 6.12. The Morgan fingerprint density at radius 2 is 1.38 bits per heavy atom. The fourth-order valence-electron chi connectivity index (χ4n) is 3.01. The highest BCUT2D eigenvalue weighted by atomic mass is 16.5. The molecule has 1 unspecified atom stereocenters. The van der Waals surface area contributed by atoms with E-state index in [0.29, 0.717) is 0 Å². The van der Waals surface area contributed by atoms with Gasteiger partial charge in [0.15, 0.2) is 11.9 Å². The third-order valence-electron chi connectivity index (χ3n) is 4.28. The van der Waals surface area contributed by atoms with E-state index >= 15 is 0 Å². The molecule has 0 N–H and O–H groups in total. The van der Waals surface area contributed by atoms with Gasteiger partial charge in [-0.05, 0) is 17.7 Å². The highest BCUT2D eigenvalue weighted by Crippen LogP contribution is 2.27. The molecule has 1 atom stereocenters. The molecule has 0 spiro atoms. The van der Waals surface area contributed by atoms with Crippen LogP contribution in [0.2, 0.25) is 0 Å². The lowest BCUT2D eigenvalue weighted by atomic mass is 10.1. The average molecular weight is 340 g/mol. The molecule has 0 radical (unpaired) electrons. The van der Waals surface area contributed by atoms with E-state index in [4.69, 9.17) is 4.74 Å². The third-order valence-corrected chi connectivity index (χ3v) is 4.28. The van der Waals surface area contributed by atoms with Crippen LogP contribution in [0.15, 0.2) is 103 Å². The molecule has 3 aromatic carbocycles. The molecule has 0 aliphatic heterocycles. The lowest BCUT2D eigenvalue weighted by Gasteiger charge is -2.20. The summed E-state index contributed by atoms with van der Waals surface area (Å²) in [6, 6.07) is 30.5. The van der Waals surface area contributed by atoms with E-state index in [-0.39, 0.29) is 6.10 Å². The SMILES string of the molecule is c1ccc(Cn2ccnc2C(Oc2ccccc2)c2ccccc2)cc1. The van der Waals surface area contributed by atoms with Crippen LogP contribution in [0.5, 0.6) is 5.75 Å². The number of aromatic nitrogens is 2. The molecule has 0 amide bonds.